The van der Waals surface area contributed by atoms with E-state index in [9.17, 15) is 0 Å². The minimum Gasteiger partial charge on any atom is -0.383 e. The van der Waals surface area contributed by atoms with Crippen LogP contribution < -0.4 is 4.90 Å². The van der Waals surface area contributed by atoms with E-state index in [0.717, 1.165) is 42.6 Å². The Bertz CT molecular complexity index is 1010. The maximum Gasteiger partial charge on any atom is 0.173 e. The molecule has 1 atom stereocenters. The molecule has 0 saturated carbocycles. The first-order chi connectivity index (χ1) is 15.1. The number of hydrogen-bond acceptors (Lipinski definition) is 6. The fraction of sp³-hybridized carbons (Fsp3) is 0.435. The summed E-state index contributed by atoms with van der Waals surface area (Å²) < 4.78 is 7.07. The molecule has 1 aromatic heterocycles. The Morgan fingerprint density at radius 1 is 1.03 bits per heavy atom. The van der Waals surface area contributed by atoms with Crippen molar-refractivity contribution in [3.05, 3.63) is 70.0 Å². The molecule has 1 fully saturated rings. The Balaban J connectivity index is 1.61. The Morgan fingerprint density at radius 2 is 1.81 bits per heavy atom. The summed E-state index contributed by atoms with van der Waals surface area (Å²) in [6.07, 6.45) is 0. The number of methoxy groups -OCH3 is 1. The van der Waals surface area contributed by atoms with Gasteiger partial charge in [-0.1, -0.05) is 41.9 Å². The molecule has 0 bridgehead atoms. The molecule has 31 heavy (non-hydrogen) atoms. The lowest BCUT2D eigenvalue weighted by atomic mass is 10.0. The Hall–Kier alpha value is -2.48. The largest absolute Gasteiger partial charge is 0.383 e. The van der Waals surface area contributed by atoms with Gasteiger partial charge in [-0.25, -0.2) is 4.68 Å². The zero-order chi connectivity index (χ0) is 21.8. The fourth-order valence-electron chi connectivity index (χ4n) is 4.24. The van der Waals surface area contributed by atoms with E-state index in [0.29, 0.717) is 13.2 Å². The first-order valence-corrected chi connectivity index (χ1v) is 11.0. The maximum absolute atomic E-state index is 6.63. The van der Waals surface area contributed by atoms with Gasteiger partial charge in [0.05, 0.1) is 19.2 Å². The number of rotatable bonds is 7. The average molecular weight is 441 g/mol. The number of aromatic nitrogens is 4. The Labute approximate surface area is 188 Å². The molecular formula is C23H29ClN6O. The molecule has 2 heterocycles. The minimum absolute atomic E-state index is 0.110. The summed E-state index contributed by atoms with van der Waals surface area (Å²) in [6, 6.07) is 14.4. The molecule has 164 valence electrons. The summed E-state index contributed by atoms with van der Waals surface area (Å²) in [7, 11) is 1.68. The van der Waals surface area contributed by atoms with Crippen LogP contribution in [0.15, 0.2) is 42.5 Å². The summed E-state index contributed by atoms with van der Waals surface area (Å²) in [5.74, 6) is 0.797. The van der Waals surface area contributed by atoms with Gasteiger partial charge in [-0.05, 0) is 53.1 Å². The SMILES string of the molecule is COCCn1nnnc1[C@H](c1ccccc1Cl)N1CCN(c2cccc(C)c2C)CC1. The van der Waals surface area contributed by atoms with Crippen molar-refractivity contribution >= 4 is 17.3 Å². The Morgan fingerprint density at radius 3 is 2.55 bits per heavy atom. The number of hydrogen-bond donors (Lipinski definition) is 0. The van der Waals surface area contributed by atoms with Gasteiger partial charge >= 0.3 is 0 Å². The van der Waals surface area contributed by atoms with Crippen LogP contribution in [-0.4, -0.2) is 65.0 Å². The van der Waals surface area contributed by atoms with Gasteiger partial charge in [0.2, 0.25) is 0 Å². The van der Waals surface area contributed by atoms with Crippen molar-refractivity contribution in [3.8, 4) is 0 Å². The third-order valence-electron chi connectivity index (χ3n) is 6.11. The van der Waals surface area contributed by atoms with Crippen LogP contribution in [0, 0.1) is 13.8 Å². The molecule has 0 unspecified atom stereocenters. The molecule has 0 aliphatic carbocycles. The molecule has 0 amide bonds. The van der Waals surface area contributed by atoms with Gasteiger partial charge in [-0.15, -0.1) is 5.10 Å². The number of ether oxygens (including phenoxy) is 1. The van der Waals surface area contributed by atoms with E-state index in [2.05, 4.69) is 63.4 Å². The number of benzene rings is 2. The van der Waals surface area contributed by atoms with Gasteiger partial charge in [-0.2, -0.15) is 0 Å². The van der Waals surface area contributed by atoms with Crippen LogP contribution in [0.2, 0.25) is 5.02 Å². The van der Waals surface area contributed by atoms with Crippen LogP contribution >= 0.6 is 11.6 Å². The predicted octanol–water partition coefficient (Wildman–Crippen LogP) is 3.50. The van der Waals surface area contributed by atoms with Crippen molar-refractivity contribution in [1.29, 1.82) is 0 Å². The molecule has 0 N–H and O–H groups in total. The number of aryl methyl sites for hydroxylation is 1. The van der Waals surface area contributed by atoms with E-state index in [1.165, 1.54) is 16.8 Å². The number of halogens is 1. The highest BCUT2D eigenvalue weighted by atomic mass is 35.5. The summed E-state index contributed by atoms with van der Waals surface area (Å²) in [4.78, 5) is 4.90. The van der Waals surface area contributed by atoms with Gasteiger partial charge in [0.15, 0.2) is 5.82 Å². The molecular weight excluding hydrogens is 412 g/mol. The molecule has 8 heteroatoms. The second-order valence-corrected chi connectivity index (χ2v) is 8.33. The van der Waals surface area contributed by atoms with E-state index >= 15 is 0 Å². The molecule has 2 aromatic carbocycles. The van der Waals surface area contributed by atoms with E-state index in [1.807, 2.05) is 22.9 Å². The fourth-order valence-corrected chi connectivity index (χ4v) is 4.48. The summed E-state index contributed by atoms with van der Waals surface area (Å²) in [5, 5.41) is 13.3. The topological polar surface area (TPSA) is 59.3 Å². The highest BCUT2D eigenvalue weighted by Crippen LogP contribution is 2.33. The van der Waals surface area contributed by atoms with Gasteiger partial charge in [-0.3, -0.25) is 4.90 Å². The lowest BCUT2D eigenvalue weighted by molar-refractivity contribution is 0.172. The number of tetrazole rings is 1. The van der Waals surface area contributed by atoms with Crippen molar-refractivity contribution < 1.29 is 4.74 Å². The van der Waals surface area contributed by atoms with Crippen LogP contribution in [-0.2, 0) is 11.3 Å². The van der Waals surface area contributed by atoms with Gasteiger partial charge < -0.3 is 9.64 Å². The van der Waals surface area contributed by atoms with Crippen molar-refractivity contribution in [1.82, 2.24) is 25.1 Å². The first kappa shape index (κ1) is 21.7. The third-order valence-corrected chi connectivity index (χ3v) is 6.45. The maximum atomic E-state index is 6.63. The van der Waals surface area contributed by atoms with E-state index < -0.39 is 0 Å². The summed E-state index contributed by atoms with van der Waals surface area (Å²) in [6.45, 7) is 9.17. The zero-order valence-corrected chi connectivity index (χ0v) is 19.1. The van der Waals surface area contributed by atoms with Crippen LogP contribution in [0.1, 0.15) is 28.6 Å². The van der Waals surface area contributed by atoms with Crippen LogP contribution in [0.25, 0.3) is 0 Å². The monoisotopic (exact) mass is 440 g/mol. The smallest absolute Gasteiger partial charge is 0.173 e. The van der Waals surface area contributed by atoms with Gasteiger partial charge in [0, 0.05) is 44.0 Å². The summed E-state index contributed by atoms with van der Waals surface area (Å²) >= 11 is 6.63. The number of anilines is 1. The van der Waals surface area contributed by atoms with Crippen LogP contribution in [0.4, 0.5) is 5.69 Å². The van der Waals surface area contributed by atoms with E-state index in [4.69, 9.17) is 16.3 Å². The quantitative estimate of drug-likeness (QED) is 0.560. The highest BCUT2D eigenvalue weighted by molar-refractivity contribution is 6.31. The number of piperazine rings is 1. The minimum atomic E-state index is -0.110. The number of nitrogens with zero attached hydrogens (tertiary/aromatic N) is 6. The molecule has 3 aromatic rings. The highest BCUT2D eigenvalue weighted by Gasteiger charge is 2.32. The molecule has 1 aliphatic rings. The predicted molar refractivity (Wildman–Crippen MR) is 123 cm³/mol. The molecule has 0 radical (unpaired) electrons. The van der Waals surface area contributed by atoms with Gasteiger partial charge in [0.1, 0.15) is 0 Å². The standard InChI is InChI=1S/C23H29ClN6O/c1-17-7-6-10-21(18(17)2)28-11-13-29(14-12-28)22(19-8-4-5-9-20(19)24)23-25-26-27-30(23)15-16-31-3/h4-10,22H,11-16H2,1-3H3/t22-/m0/s1. The van der Waals surface area contributed by atoms with Crippen molar-refractivity contribution in [2.45, 2.75) is 26.4 Å². The molecule has 7 nitrogen and oxygen atoms in total. The first-order valence-electron chi connectivity index (χ1n) is 10.6. The van der Waals surface area contributed by atoms with E-state index in [1.54, 1.807) is 7.11 Å². The molecule has 1 saturated heterocycles. The average Bonchev–Trinajstić information content (AvgIpc) is 3.24. The van der Waals surface area contributed by atoms with E-state index in [-0.39, 0.29) is 6.04 Å². The second kappa shape index (κ2) is 9.77. The van der Waals surface area contributed by atoms with Gasteiger partial charge in [0.25, 0.3) is 0 Å². The molecule has 1 aliphatic heterocycles. The van der Waals surface area contributed by atoms with Crippen molar-refractivity contribution in [2.24, 2.45) is 0 Å². The normalized spacial score (nSPS) is 15.9. The van der Waals surface area contributed by atoms with Crippen LogP contribution in [0.5, 0.6) is 0 Å². The second-order valence-electron chi connectivity index (χ2n) is 7.92. The zero-order valence-electron chi connectivity index (χ0n) is 18.3. The lowest BCUT2D eigenvalue weighted by Gasteiger charge is -2.40. The summed E-state index contributed by atoms with van der Waals surface area (Å²) in [5.41, 5.74) is 5.02. The molecule has 4 rings (SSSR count). The van der Waals surface area contributed by atoms with Crippen molar-refractivity contribution in [3.63, 3.8) is 0 Å². The third kappa shape index (κ3) is 4.59. The lowest BCUT2D eigenvalue weighted by Crippen LogP contribution is -2.48. The molecule has 0 spiro atoms. The Kier molecular flexibility index (Phi) is 6.85. The van der Waals surface area contributed by atoms with Crippen molar-refractivity contribution in [2.75, 3.05) is 44.8 Å². The van der Waals surface area contributed by atoms with Crippen LogP contribution in [0.3, 0.4) is 0 Å².